The number of rotatable bonds is 2. The topological polar surface area (TPSA) is 78.0 Å². The molecule has 1 heterocycles. The molecule has 2 N–H and O–H groups in total. The van der Waals surface area contributed by atoms with Crippen LogP contribution >= 0.6 is 0 Å². The number of benzene rings is 1. The fraction of sp³-hybridized carbons (Fsp3) is 0.250. The highest BCUT2D eigenvalue weighted by Crippen LogP contribution is 2.29. The summed E-state index contributed by atoms with van der Waals surface area (Å²) < 4.78 is 24.4. The summed E-state index contributed by atoms with van der Waals surface area (Å²) in [6, 6.07) is 6.65. The molecule has 0 amide bonds. The van der Waals surface area contributed by atoms with E-state index in [1.54, 1.807) is 36.0 Å². The zero-order chi connectivity index (χ0) is 13.5. The molecule has 2 rings (SSSR count). The smallest absolute Gasteiger partial charge is 0.175 e. The molecule has 0 spiro atoms. The quantitative estimate of drug-likeness (QED) is 0.889. The lowest BCUT2D eigenvalue weighted by molar-refractivity contribution is 0.602. The first-order valence-corrected chi connectivity index (χ1v) is 7.29. The van der Waals surface area contributed by atoms with E-state index in [4.69, 9.17) is 5.73 Å². The molecule has 1 aromatic carbocycles. The van der Waals surface area contributed by atoms with Crippen molar-refractivity contribution >= 4 is 15.7 Å². The molecule has 0 aliphatic carbocycles. The Morgan fingerprint density at radius 2 is 1.78 bits per heavy atom. The highest BCUT2D eigenvalue weighted by atomic mass is 32.2. The normalized spacial score (nSPS) is 11.7. The minimum atomic E-state index is -3.17. The summed E-state index contributed by atoms with van der Waals surface area (Å²) in [4.78, 5) is 0.298. The van der Waals surface area contributed by atoms with Crippen molar-refractivity contribution in [3.8, 4) is 11.1 Å². The summed E-state index contributed by atoms with van der Waals surface area (Å²) in [7, 11) is -1.39. The van der Waals surface area contributed by atoms with Crippen molar-refractivity contribution in [2.75, 3.05) is 12.0 Å². The second-order valence-corrected chi connectivity index (χ2v) is 6.28. The minimum Gasteiger partial charge on any atom is -0.383 e. The summed E-state index contributed by atoms with van der Waals surface area (Å²) in [6.07, 6.45) is 1.19. The van der Waals surface area contributed by atoms with Crippen LogP contribution in [0.15, 0.2) is 29.2 Å². The van der Waals surface area contributed by atoms with Gasteiger partial charge in [0.25, 0.3) is 0 Å². The number of sulfone groups is 1. The molecule has 0 radical (unpaired) electrons. The minimum absolute atomic E-state index is 0.298. The monoisotopic (exact) mass is 265 g/mol. The lowest BCUT2D eigenvalue weighted by Gasteiger charge is -2.03. The summed E-state index contributed by atoms with van der Waals surface area (Å²) >= 11 is 0. The van der Waals surface area contributed by atoms with Crippen LogP contribution < -0.4 is 5.73 Å². The SMILES string of the molecule is Cc1nn(C)c(N)c1-c1ccc(S(C)(=O)=O)cc1. The van der Waals surface area contributed by atoms with Crippen molar-refractivity contribution in [1.29, 1.82) is 0 Å². The number of nitrogens with zero attached hydrogens (tertiary/aromatic N) is 2. The van der Waals surface area contributed by atoms with Crippen molar-refractivity contribution in [2.45, 2.75) is 11.8 Å². The Kier molecular flexibility index (Phi) is 2.90. The molecule has 0 saturated carbocycles. The van der Waals surface area contributed by atoms with Crippen LogP contribution in [0.4, 0.5) is 5.82 Å². The Hall–Kier alpha value is -1.82. The molecule has 2 aromatic rings. The van der Waals surface area contributed by atoms with Crippen molar-refractivity contribution in [3.05, 3.63) is 30.0 Å². The molecule has 96 valence electrons. The van der Waals surface area contributed by atoms with E-state index < -0.39 is 9.84 Å². The van der Waals surface area contributed by atoms with Gasteiger partial charge in [0.15, 0.2) is 9.84 Å². The van der Waals surface area contributed by atoms with Gasteiger partial charge in [-0.2, -0.15) is 5.10 Å². The molecular weight excluding hydrogens is 250 g/mol. The van der Waals surface area contributed by atoms with E-state index in [0.717, 1.165) is 16.8 Å². The first kappa shape index (κ1) is 12.6. The van der Waals surface area contributed by atoms with Crippen LogP contribution in [0.3, 0.4) is 0 Å². The molecular formula is C12H15N3O2S. The molecule has 0 aliphatic heterocycles. The van der Waals surface area contributed by atoms with Crippen LogP contribution in [0.25, 0.3) is 11.1 Å². The summed E-state index contributed by atoms with van der Waals surface area (Å²) in [5.74, 6) is 0.569. The van der Waals surface area contributed by atoms with Gasteiger partial charge in [0.1, 0.15) is 5.82 Å². The average Bonchev–Trinajstić information content (AvgIpc) is 2.52. The van der Waals surface area contributed by atoms with Gasteiger partial charge in [-0.1, -0.05) is 12.1 Å². The third kappa shape index (κ3) is 2.11. The largest absolute Gasteiger partial charge is 0.383 e. The van der Waals surface area contributed by atoms with Crippen molar-refractivity contribution in [1.82, 2.24) is 9.78 Å². The lowest BCUT2D eigenvalue weighted by atomic mass is 10.1. The van der Waals surface area contributed by atoms with Gasteiger partial charge in [0.2, 0.25) is 0 Å². The van der Waals surface area contributed by atoms with Gasteiger partial charge in [-0.3, -0.25) is 4.68 Å². The number of nitrogen functional groups attached to an aromatic ring is 1. The van der Waals surface area contributed by atoms with E-state index in [1.165, 1.54) is 6.26 Å². The van der Waals surface area contributed by atoms with Gasteiger partial charge < -0.3 is 5.73 Å². The van der Waals surface area contributed by atoms with Gasteiger partial charge in [-0.15, -0.1) is 0 Å². The van der Waals surface area contributed by atoms with Crippen molar-refractivity contribution in [3.63, 3.8) is 0 Å². The summed E-state index contributed by atoms with van der Waals surface area (Å²) in [5.41, 5.74) is 8.47. The number of hydrogen-bond donors (Lipinski definition) is 1. The van der Waals surface area contributed by atoms with Gasteiger partial charge in [-0.25, -0.2) is 8.42 Å². The second kappa shape index (κ2) is 4.13. The number of nitrogens with two attached hydrogens (primary N) is 1. The maximum atomic E-state index is 11.4. The lowest BCUT2D eigenvalue weighted by Crippen LogP contribution is -1.98. The van der Waals surface area contributed by atoms with E-state index in [2.05, 4.69) is 5.10 Å². The third-order valence-electron chi connectivity index (χ3n) is 2.84. The zero-order valence-electron chi connectivity index (χ0n) is 10.5. The molecule has 18 heavy (non-hydrogen) atoms. The fourth-order valence-electron chi connectivity index (χ4n) is 1.90. The molecule has 5 nitrogen and oxygen atoms in total. The van der Waals surface area contributed by atoms with E-state index in [-0.39, 0.29) is 0 Å². The molecule has 0 aliphatic rings. The summed E-state index contributed by atoms with van der Waals surface area (Å²) in [5, 5.41) is 4.23. The van der Waals surface area contributed by atoms with E-state index >= 15 is 0 Å². The predicted octanol–water partition coefficient (Wildman–Crippen LogP) is 1.38. The number of aryl methyl sites for hydroxylation is 2. The molecule has 0 unspecified atom stereocenters. The van der Waals surface area contributed by atoms with Crippen LogP contribution in [0, 0.1) is 6.92 Å². The van der Waals surface area contributed by atoms with Gasteiger partial charge >= 0.3 is 0 Å². The standard InChI is InChI=1S/C12H15N3O2S/c1-8-11(12(13)15(2)14-8)9-4-6-10(7-5-9)18(3,16)17/h4-7H,13H2,1-3H3. The Bertz CT molecular complexity index is 685. The van der Waals surface area contributed by atoms with Crippen molar-refractivity contribution in [2.24, 2.45) is 7.05 Å². The van der Waals surface area contributed by atoms with Gasteiger partial charge in [0.05, 0.1) is 10.6 Å². The molecule has 0 bridgehead atoms. The summed E-state index contributed by atoms with van der Waals surface area (Å²) in [6.45, 7) is 1.87. The second-order valence-electron chi connectivity index (χ2n) is 4.27. The van der Waals surface area contributed by atoms with Crippen molar-refractivity contribution < 1.29 is 8.42 Å². The maximum absolute atomic E-state index is 11.4. The Labute approximate surface area is 106 Å². The van der Waals surface area contributed by atoms with Gasteiger partial charge in [-0.05, 0) is 24.6 Å². The zero-order valence-corrected chi connectivity index (χ0v) is 11.3. The van der Waals surface area contributed by atoms with Crippen LogP contribution in [-0.2, 0) is 16.9 Å². The Morgan fingerprint density at radius 3 is 2.17 bits per heavy atom. The van der Waals surface area contributed by atoms with Crippen LogP contribution in [-0.4, -0.2) is 24.5 Å². The Balaban J connectivity index is 2.53. The molecule has 0 fully saturated rings. The Morgan fingerprint density at radius 1 is 1.22 bits per heavy atom. The molecule has 1 aromatic heterocycles. The van der Waals surface area contributed by atoms with E-state index in [1.807, 2.05) is 6.92 Å². The number of aromatic nitrogens is 2. The highest BCUT2D eigenvalue weighted by Gasteiger charge is 2.13. The fourth-order valence-corrected chi connectivity index (χ4v) is 2.53. The number of hydrogen-bond acceptors (Lipinski definition) is 4. The van der Waals surface area contributed by atoms with Crippen LogP contribution in [0.1, 0.15) is 5.69 Å². The number of anilines is 1. The van der Waals surface area contributed by atoms with Gasteiger partial charge in [0, 0.05) is 18.9 Å². The molecule has 6 heteroatoms. The first-order valence-electron chi connectivity index (χ1n) is 5.40. The third-order valence-corrected chi connectivity index (χ3v) is 3.97. The predicted molar refractivity (Wildman–Crippen MR) is 70.9 cm³/mol. The first-order chi connectivity index (χ1) is 8.30. The highest BCUT2D eigenvalue weighted by molar-refractivity contribution is 7.90. The molecule has 0 saturated heterocycles. The molecule has 0 atom stereocenters. The van der Waals surface area contributed by atoms with Crippen LogP contribution in [0.5, 0.6) is 0 Å². The van der Waals surface area contributed by atoms with E-state index in [0.29, 0.717) is 10.7 Å². The van der Waals surface area contributed by atoms with E-state index in [9.17, 15) is 8.42 Å². The maximum Gasteiger partial charge on any atom is 0.175 e. The van der Waals surface area contributed by atoms with Crippen LogP contribution in [0.2, 0.25) is 0 Å². The average molecular weight is 265 g/mol.